The zero-order valence-electron chi connectivity index (χ0n) is 65.8. The molecule has 0 aromatic carbocycles. The second kappa shape index (κ2) is 70.1. The van der Waals surface area contributed by atoms with Gasteiger partial charge in [-0.3, -0.25) is 37.3 Å². The van der Waals surface area contributed by atoms with Crippen LogP contribution in [0.15, 0.2) is 0 Å². The summed E-state index contributed by atoms with van der Waals surface area (Å²) in [7, 11) is -9.92. The zero-order chi connectivity index (χ0) is 73.8. The monoisotopic (exact) mass is 1470 g/mol. The molecular formula is C81H158O17P2. The van der Waals surface area contributed by atoms with Crippen molar-refractivity contribution < 1.29 is 80.2 Å². The number of unbranched alkanes of at least 4 members (excludes halogenated alkanes) is 43. The highest BCUT2D eigenvalue weighted by atomic mass is 31.2. The maximum Gasteiger partial charge on any atom is 0.472 e. The Bertz CT molecular complexity index is 1960. The molecule has 0 saturated heterocycles. The van der Waals surface area contributed by atoms with E-state index in [1.54, 1.807) is 0 Å². The molecule has 19 heteroatoms. The van der Waals surface area contributed by atoms with Gasteiger partial charge in [-0.05, 0) is 49.4 Å². The molecule has 0 amide bonds. The van der Waals surface area contributed by atoms with Gasteiger partial charge in [-0.25, -0.2) is 9.13 Å². The number of carbonyl (C=O) groups is 4. The average Bonchev–Trinajstić information content (AvgIpc) is 1.22. The lowest BCUT2D eigenvalue weighted by Crippen LogP contribution is -2.30. The van der Waals surface area contributed by atoms with Crippen molar-refractivity contribution in [2.75, 3.05) is 39.6 Å². The number of aliphatic hydroxyl groups is 1. The van der Waals surface area contributed by atoms with E-state index in [9.17, 15) is 43.2 Å². The van der Waals surface area contributed by atoms with Crippen molar-refractivity contribution in [3.05, 3.63) is 0 Å². The van der Waals surface area contributed by atoms with Crippen LogP contribution in [0.3, 0.4) is 0 Å². The minimum atomic E-state index is -4.96. The minimum absolute atomic E-state index is 0.105. The van der Waals surface area contributed by atoms with E-state index in [1.807, 2.05) is 0 Å². The van der Waals surface area contributed by atoms with Crippen LogP contribution in [0.2, 0.25) is 0 Å². The molecule has 0 radical (unpaired) electrons. The highest BCUT2D eigenvalue weighted by Gasteiger charge is 2.30. The van der Waals surface area contributed by atoms with Gasteiger partial charge in [0.15, 0.2) is 12.2 Å². The van der Waals surface area contributed by atoms with Crippen LogP contribution in [0.25, 0.3) is 0 Å². The van der Waals surface area contributed by atoms with E-state index >= 15 is 0 Å². The molecule has 0 aliphatic rings. The maximum absolute atomic E-state index is 13.1. The third-order valence-corrected chi connectivity index (χ3v) is 21.1. The fourth-order valence-corrected chi connectivity index (χ4v) is 14.0. The van der Waals surface area contributed by atoms with Crippen molar-refractivity contribution in [3.8, 4) is 0 Å². The second-order valence-electron chi connectivity index (χ2n) is 30.8. The summed E-state index contributed by atoms with van der Waals surface area (Å²) in [4.78, 5) is 73.0. The topological polar surface area (TPSA) is 237 Å². The van der Waals surface area contributed by atoms with Crippen LogP contribution in [0, 0.1) is 23.7 Å². The molecule has 0 aromatic rings. The maximum atomic E-state index is 13.1. The second-order valence-corrected chi connectivity index (χ2v) is 33.7. The summed E-state index contributed by atoms with van der Waals surface area (Å²) in [5.74, 6) is 0.982. The molecule has 0 fully saturated rings. The smallest absolute Gasteiger partial charge is 0.462 e. The van der Waals surface area contributed by atoms with Crippen molar-refractivity contribution in [3.63, 3.8) is 0 Å². The molecule has 3 N–H and O–H groups in total. The van der Waals surface area contributed by atoms with E-state index < -0.39 is 97.5 Å². The molecule has 0 saturated carbocycles. The Morgan fingerprint density at radius 2 is 0.480 bits per heavy atom. The molecule has 0 aliphatic heterocycles. The summed E-state index contributed by atoms with van der Waals surface area (Å²) in [6, 6.07) is 0. The van der Waals surface area contributed by atoms with Crippen molar-refractivity contribution >= 4 is 39.5 Å². The van der Waals surface area contributed by atoms with Crippen molar-refractivity contribution in [2.45, 2.75) is 433 Å². The average molecular weight is 1470 g/mol. The summed E-state index contributed by atoms with van der Waals surface area (Å²) in [6.07, 6.45) is 57.0. The summed E-state index contributed by atoms with van der Waals surface area (Å²) in [5.41, 5.74) is 0. The lowest BCUT2D eigenvalue weighted by Gasteiger charge is -2.21. The molecule has 0 rings (SSSR count). The Morgan fingerprint density at radius 1 is 0.280 bits per heavy atom. The molecule has 17 nitrogen and oxygen atoms in total. The lowest BCUT2D eigenvalue weighted by molar-refractivity contribution is -0.161. The van der Waals surface area contributed by atoms with E-state index in [0.29, 0.717) is 31.6 Å². The standard InChI is InChI=1S/C81H158O17P2/c1-9-74(8)60-52-44-35-29-25-26-32-38-48-56-64-81(86)98-77(68-92-79(84)62-54-46-40-39-43-51-59-73(6)7)70-96-100(89,90)94-66-75(82)65-93-99(87,88)95-69-76(97-80(85)63-55-47-37-31-24-20-16-12-14-18-22-28-34-42-50-58-72(4)5)67-91-78(83)61-53-45-36-30-23-19-15-11-10-13-17-21-27-33-41-49-57-71(2)3/h71-77,82H,9-70H2,1-8H3,(H,87,88)(H,89,90)/t74?,75-,76-,77-/m1/s1. The van der Waals surface area contributed by atoms with Gasteiger partial charge in [-0.2, -0.15) is 0 Å². The van der Waals surface area contributed by atoms with Crippen LogP contribution in [0.4, 0.5) is 0 Å². The van der Waals surface area contributed by atoms with E-state index in [0.717, 1.165) is 114 Å². The first kappa shape index (κ1) is 98.1. The Balaban J connectivity index is 5.23. The van der Waals surface area contributed by atoms with Gasteiger partial charge in [-0.1, -0.05) is 364 Å². The number of aliphatic hydroxyl groups excluding tert-OH is 1. The fourth-order valence-electron chi connectivity index (χ4n) is 12.4. The Morgan fingerprint density at radius 3 is 0.710 bits per heavy atom. The van der Waals surface area contributed by atoms with Crippen molar-refractivity contribution in [1.29, 1.82) is 0 Å². The predicted octanol–water partition coefficient (Wildman–Crippen LogP) is 24.0. The van der Waals surface area contributed by atoms with Crippen molar-refractivity contribution in [1.82, 2.24) is 0 Å². The van der Waals surface area contributed by atoms with Gasteiger partial charge >= 0.3 is 39.5 Å². The van der Waals surface area contributed by atoms with Crippen molar-refractivity contribution in [2.24, 2.45) is 23.7 Å². The Labute approximate surface area is 613 Å². The van der Waals surface area contributed by atoms with Crippen LogP contribution < -0.4 is 0 Å². The van der Waals surface area contributed by atoms with E-state index in [2.05, 4.69) is 55.4 Å². The fraction of sp³-hybridized carbons (Fsp3) is 0.951. The van der Waals surface area contributed by atoms with Gasteiger partial charge < -0.3 is 33.8 Å². The summed E-state index contributed by atoms with van der Waals surface area (Å²) in [5, 5.41) is 10.6. The Hall–Kier alpha value is -1.94. The first-order valence-electron chi connectivity index (χ1n) is 41.7. The molecule has 0 aromatic heterocycles. The molecule has 100 heavy (non-hydrogen) atoms. The molecular weight excluding hydrogens is 1310 g/mol. The minimum Gasteiger partial charge on any atom is -0.462 e. The van der Waals surface area contributed by atoms with Crippen LogP contribution in [0.1, 0.15) is 415 Å². The van der Waals surface area contributed by atoms with Crippen LogP contribution in [-0.4, -0.2) is 96.7 Å². The first-order valence-corrected chi connectivity index (χ1v) is 44.7. The SMILES string of the molecule is CCC(C)CCCCCCCCCCCCC(=O)O[C@H](COC(=O)CCCCCCCCC(C)C)COP(=O)(O)OC[C@H](O)COP(=O)(O)OC[C@@H](COC(=O)CCCCCCCCCCCCCCCCCCC(C)C)OC(=O)CCCCCCCCCCCCCCCCCC(C)C. The lowest BCUT2D eigenvalue weighted by atomic mass is 9.99. The molecule has 0 spiro atoms. The van der Waals surface area contributed by atoms with Crippen LogP contribution in [0.5, 0.6) is 0 Å². The van der Waals surface area contributed by atoms with E-state index in [4.69, 9.17) is 37.0 Å². The number of esters is 4. The van der Waals surface area contributed by atoms with E-state index in [1.165, 1.54) is 212 Å². The molecule has 0 bridgehead atoms. The van der Waals surface area contributed by atoms with Crippen LogP contribution in [-0.2, 0) is 65.4 Å². The van der Waals surface area contributed by atoms with Gasteiger partial charge in [-0.15, -0.1) is 0 Å². The number of phosphoric ester groups is 2. The molecule has 6 atom stereocenters. The summed E-state index contributed by atoms with van der Waals surface area (Å²) in [6.45, 7) is 14.2. The number of hydrogen-bond acceptors (Lipinski definition) is 15. The number of rotatable bonds is 78. The van der Waals surface area contributed by atoms with Gasteiger partial charge in [0, 0.05) is 25.7 Å². The van der Waals surface area contributed by atoms with Gasteiger partial charge in [0.2, 0.25) is 0 Å². The molecule has 3 unspecified atom stereocenters. The number of ether oxygens (including phenoxy) is 4. The van der Waals surface area contributed by atoms with Crippen LogP contribution >= 0.6 is 15.6 Å². The largest absolute Gasteiger partial charge is 0.472 e. The summed E-state index contributed by atoms with van der Waals surface area (Å²) < 4.78 is 68.7. The highest BCUT2D eigenvalue weighted by molar-refractivity contribution is 7.47. The van der Waals surface area contributed by atoms with Gasteiger partial charge in [0.25, 0.3) is 0 Å². The zero-order valence-corrected chi connectivity index (χ0v) is 67.6. The molecule has 0 heterocycles. The summed E-state index contributed by atoms with van der Waals surface area (Å²) >= 11 is 0. The number of phosphoric acid groups is 2. The highest BCUT2D eigenvalue weighted by Crippen LogP contribution is 2.45. The quantitative estimate of drug-likeness (QED) is 0.0222. The van der Waals surface area contributed by atoms with E-state index in [-0.39, 0.29) is 25.7 Å². The predicted molar refractivity (Wildman–Crippen MR) is 409 cm³/mol. The Kier molecular flexibility index (Phi) is 68.7. The number of carbonyl (C=O) groups excluding carboxylic acids is 4. The number of hydrogen-bond donors (Lipinski definition) is 3. The normalized spacial score (nSPS) is 14.3. The van der Waals surface area contributed by atoms with Gasteiger partial charge in [0.1, 0.15) is 19.3 Å². The van der Waals surface area contributed by atoms with Gasteiger partial charge in [0.05, 0.1) is 26.4 Å². The third-order valence-electron chi connectivity index (χ3n) is 19.2. The molecule has 594 valence electrons. The molecule has 0 aliphatic carbocycles. The first-order chi connectivity index (χ1) is 48.1. The third kappa shape index (κ3) is 73.0.